The molecule has 1 fully saturated rings. The van der Waals surface area contributed by atoms with Crippen molar-refractivity contribution in [2.75, 3.05) is 13.1 Å². The lowest BCUT2D eigenvalue weighted by Crippen LogP contribution is -2.47. The molecule has 1 aliphatic heterocycles. The summed E-state index contributed by atoms with van der Waals surface area (Å²) < 4.78 is 2.06. The van der Waals surface area contributed by atoms with Crippen LogP contribution >= 0.6 is 0 Å². The molecular weight excluding hydrogens is 310 g/mol. The van der Waals surface area contributed by atoms with Gasteiger partial charge in [0.05, 0.1) is 11.4 Å². The zero-order chi connectivity index (χ0) is 17.8. The van der Waals surface area contributed by atoms with Crippen molar-refractivity contribution in [2.24, 2.45) is 5.92 Å². The van der Waals surface area contributed by atoms with Crippen LogP contribution in [-0.2, 0) is 13.1 Å². The van der Waals surface area contributed by atoms with Crippen LogP contribution < -0.4 is 5.32 Å². The van der Waals surface area contributed by atoms with Gasteiger partial charge in [0.2, 0.25) is 0 Å². The average Bonchev–Trinajstić information content (AvgIpc) is 2.96. The second-order valence-electron chi connectivity index (χ2n) is 7.62. The fourth-order valence-electron chi connectivity index (χ4n) is 3.60. The maximum Gasteiger partial charge on any atom is 0.0638 e. The van der Waals surface area contributed by atoms with Gasteiger partial charge in [0.25, 0.3) is 0 Å². The van der Waals surface area contributed by atoms with Crippen molar-refractivity contribution in [1.82, 2.24) is 25.0 Å². The number of aryl methyl sites for hydroxylation is 1. The van der Waals surface area contributed by atoms with E-state index in [0.717, 1.165) is 37.6 Å². The summed E-state index contributed by atoms with van der Waals surface area (Å²) in [4.78, 5) is 6.97. The third-order valence-corrected chi connectivity index (χ3v) is 5.20. The third kappa shape index (κ3) is 4.67. The second kappa shape index (κ2) is 8.11. The van der Waals surface area contributed by atoms with E-state index in [2.05, 4.69) is 71.0 Å². The van der Waals surface area contributed by atoms with E-state index in [1.807, 2.05) is 12.3 Å². The van der Waals surface area contributed by atoms with Crippen LogP contribution in [0.25, 0.3) is 0 Å². The molecule has 0 saturated carbocycles. The summed E-state index contributed by atoms with van der Waals surface area (Å²) in [6, 6.07) is 7.15. The molecule has 0 radical (unpaired) electrons. The van der Waals surface area contributed by atoms with E-state index < -0.39 is 0 Å². The Bertz CT molecular complexity index is 664. The normalized spacial score (nSPS) is 21.8. The van der Waals surface area contributed by atoms with Gasteiger partial charge in [-0.1, -0.05) is 13.0 Å². The van der Waals surface area contributed by atoms with Crippen LogP contribution in [0, 0.1) is 12.8 Å². The van der Waals surface area contributed by atoms with Gasteiger partial charge in [-0.05, 0) is 45.2 Å². The molecule has 3 rings (SSSR count). The summed E-state index contributed by atoms with van der Waals surface area (Å²) in [6.07, 6.45) is 5.26. The number of aromatic nitrogens is 3. The third-order valence-electron chi connectivity index (χ3n) is 5.20. The SMILES string of the molecule is Cc1nn(C(C)C)cc1CN[C@H]1CCN(Cc2ccccn2)C[C@H]1C. The standard InChI is InChI=1S/C20H31N5/c1-15(2)25-13-18(17(4)23-25)11-22-20-8-10-24(12-16(20)3)14-19-7-5-6-9-21-19/h5-7,9,13,15-16,20,22H,8,10-12,14H2,1-4H3/t16-,20+/m1/s1. The summed E-state index contributed by atoms with van der Waals surface area (Å²) in [5.41, 5.74) is 3.62. The molecule has 1 saturated heterocycles. The summed E-state index contributed by atoms with van der Waals surface area (Å²) >= 11 is 0. The maximum atomic E-state index is 4.61. The lowest BCUT2D eigenvalue weighted by atomic mass is 9.93. The molecule has 25 heavy (non-hydrogen) atoms. The Kier molecular flexibility index (Phi) is 5.86. The molecule has 1 aliphatic rings. The molecule has 2 aromatic rings. The minimum atomic E-state index is 0.418. The van der Waals surface area contributed by atoms with Crippen molar-refractivity contribution >= 4 is 0 Å². The minimum absolute atomic E-state index is 0.418. The highest BCUT2D eigenvalue weighted by Gasteiger charge is 2.26. The quantitative estimate of drug-likeness (QED) is 0.877. The Hall–Kier alpha value is -1.72. The molecule has 1 N–H and O–H groups in total. The number of hydrogen-bond acceptors (Lipinski definition) is 4. The van der Waals surface area contributed by atoms with Gasteiger partial charge in [0, 0.05) is 56.2 Å². The second-order valence-corrected chi connectivity index (χ2v) is 7.62. The number of pyridine rings is 1. The fraction of sp³-hybridized carbons (Fsp3) is 0.600. The van der Waals surface area contributed by atoms with Crippen molar-refractivity contribution in [2.45, 2.75) is 59.3 Å². The number of nitrogens with one attached hydrogen (secondary N) is 1. The summed E-state index contributed by atoms with van der Waals surface area (Å²) in [7, 11) is 0. The zero-order valence-corrected chi connectivity index (χ0v) is 15.9. The molecule has 0 aliphatic carbocycles. The monoisotopic (exact) mass is 341 g/mol. The van der Waals surface area contributed by atoms with Gasteiger partial charge in [-0.15, -0.1) is 0 Å². The van der Waals surface area contributed by atoms with Gasteiger partial charge in [-0.2, -0.15) is 5.10 Å². The lowest BCUT2D eigenvalue weighted by molar-refractivity contribution is 0.139. The van der Waals surface area contributed by atoms with Crippen LogP contribution in [0.4, 0.5) is 0 Å². The van der Waals surface area contributed by atoms with Crippen LogP contribution in [0.5, 0.6) is 0 Å². The maximum absolute atomic E-state index is 4.61. The van der Waals surface area contributed by atoms with Crippen molar-refractivity contribution in [3.63, 3.8) is 0 Å². The summed E-state index contributed by atoms with van der Waals surface area (Å²) in [5, 5.41) is 8.38. The van der Waals surface area contributed by atoms with Gasteiger partial charge in [0.15, 0.2) is 0 Å². The van der Waals surface area contributed by atoms with Gasteiger partial charge < -0.3 is 5.32 Å². The first-order chi connectivity index (χ1) is 12.0. The highest BCUT2D eigenvalue weighted by Crippen LogP contribution is 2.19. The van der Waals surface area contributed by atoms with E-state index in [4.69, 9.17) is 0 Å². The van der Waals surface area contributed by atoms with Gasteiger partial charge in [-0.3, -0.25) is 14.6 Å². The van der Waals surface area contributed by atoms with E-state index in [0.29, 0.717) is 18.0 Å². The Morgan fingerprint density at radius 1 is 1.32 bits per heavy atom. The molecule has 2 aromatic heterocycles. The van der Waals surface area contributed by atoms with E-state index in [1.165, 1.54) is 12.0 Å². The van der Waals surface area contributed by atoms with Crippen LogP contribution in [0.15, 0.2) is 30.6 Å². The molecule has 0 spiro atoms. The largest absolute Gasteiger partial charge is 0.309 e. The Labute approximate surface area is 151 Å². The Balaban J connectivity index is 1.50. The van der Waals surface area contributed by atoms with Crippen LogP contribution in [0.1, 0.15) is 50.2 Å². The molecule has 3 heterocycles. The van der Waals surface area contributed by atoms with Crippen LogP contribution in [0.3, 0.4) is 0 Å². The van der Waals surface area contributed by atoms with Crippen LogP contribution in [0.2, 0.25) is 0 Å². The average molecular weight is 342 g/mol. The number of hydrogen-bond donors (Lipinski definition) is 1. The van der Waals surface area contributed by atoms with Crippen molar-refractivity contribution in [1.29, 1.82) is 0 Å². The summed E-state index contributed by atoms with van der Waals surface area (Å²) in [5.74, 6) is 0.637. The molecule has 0 amide bonds. The number of rotatable bonds is 6. The fourth-order valence-corrected chi connectivity index (χ4v) is 3.60. The predicted octanol–water partition coefficient (Wildman–Crippen LogP) is 3.17. The minimum Gasteiger partial charge on any atom is -0.309 e. The number of piperidine rings is 1. The zero-order valence-electron chi connectivity index (χ0n) is 15.9. The van der Waals surface area contributed by atoms with E-state index in [9.17, 15) is 0 Å². The van der Waals surface area contributed by atoms with Crippen LogP contribution in [-0.4, -0.2) is 38.8 Å². The Morgan fingerprint density at radius 2 is 2.16 bits per heavy atom. The van der Waals surface area contributed by atoms with Gasteiger partial charge >= 0.3 is 0 Å². The van der Waals surface area contributed by atoms with E-state index in [-0.39, 0.29) is 0 Å². The van der Waals surface area contributed by atoms with E-state index >= 15 is 0 Å². The molecule has 0 bridgehead atoms. The Morgan fingerprint density at radius 3 is 2.80 bits per heavy atom. The number of nitrogens with zero attached hydrogens (tertiary/aromatic N) is 4. The lowest BCUT2D eigenvalue weighted by Gasteiger charge is -2.37. The number of likely N-dealkylation sites (tertiary alicyclic amines) is 1. The van der Waals surface area contributed by atoms with Crippen molar-refractivity contribution in [3.05, 3.63) is 47.5 Å². The molecular formula is C20H31N5. The summed E-state index contributed by atoms with van der Waals surface area (Å²) in [6.45, 7) is 12.9. The molecule has 0 aromatic carbocycles. The smallest absolute Gasteiger partial charge is 0.0638 e. The highest BCUT2D eigenvalue weighted by atomic mass is 15.3. The van der Waals surface area contributed by atoms with Gasteiger partial charge in [-0.25, -0.2) is 0 Å². The first-order valence-corrected chi connectivity index (χ1v) is 9.43. The topological polar surface area (TPSA) is 46.0 Å². The van der Waals surface area contributed by atoms with E-state index in [1.54, 1.807) is 0 Å². The van der Waals surface area contributed by atoms with Crippen molar-refractivity contribution < 1.29 is 0 Å². The molecule has 136 valence electrons. The molecule has 0 unspecified atom stereocenters. The van der Waals surface area contributed by atoms with Crippen molar-refractivity contribution in [3.8, 4) is 0 Å². The molecule has 2 atom stereocenters. The first-order valence-electron chi connectivity index (χ1n) is 9.43. The highest BCUT2D eigenvalue weighted by molar-refractivity contribution is 5.15. The molecule has 5 heteroatoms. The van der Waals surface area contributed by atoms with Gasteiger partial charge in [0.1, 0.15) is 0 Å². The molecule has 5 nitrogen and oxygen atoms in total. The predicted molar refractivity (Wildman–Crippen MR) is 101 cm³/mol. The first kappa shape index (κ1) is 18.1.